The van der Waals surface area contributed by atoms with Gasteiger partial charge in [-0.05, 0) is 32.9 Å². The molecular formula is C13H18N4O. The molecule has 1 aromatic heterocycles. The van der Waals surface area contributed by atoms with Crippen molar-refractivity contribution in [3.63, 3.8) is 0 Å². The molecule has 0 fully saturated rings. The minimum atomic E-state index is -0.521. The van der Waals surface area contributed by atoms with Crippen molar-refractivity contribution in [2.45, 2.75) is 32.4 Å². The number of anilines is 2. The number of nitrogen functional groups attached to an aromatic ring is 1. The molecule has 5 nitrogen and oxygen atoms in total. The van der Waals surface area contributed by atoms with Gasteiger partial charge in [-0.2, -0.15) is 4.98 Å². The molecule has 5 heteroatoms. The van der Waals surface area contributed by atoms with Crippen LogP contribution in [0, 0.1) is 0 Å². The molecule has 1 unspecified atom stereocenters. The smallest absolute Gasteiger partial charge is 0.222 e. The highest BCUT2D eigenvalue weighted by Gasteiger charge is 2.25. The van der Waals surface area contributed by atoms with Gasteiger partial charge in [-0.3, -0.25) is 0 Å². The Bertz CT molecular complexity index is 566. The Labute approximate surface area is 106 Å². The number of hydrogen-bond acceptors (Lipinski definition) is 5. The molecule has 0 radical (unpaired) electrons. The summed E-state index contributed by atoms with van der Waals surface area (Å²) in [6, 6.07) is 7.63. The molecule has 1 atom stereocenters. The van der Waals surface area contributed by atoms with E-state index < -0.39 is 11.6 Å². The number of aliphatic hydroxyl groups is 1. The van der Waals surface area contributed by atoms with Gasteiger partial charge in [0.2, 0.25) is 5.95 Å². The van der Waals surface area contributed by atoms with Crippen LogP contribution in [0.5, 0.6) is 0 Å². The summed E-state index contributed by atoms with van der Waals surface area (Å²) in [6.45, 7) is 5.55. The zero-order valence-electron chi connectivity index (χ0n) is 10.8. The first-order chi connectivity index (χ1) is 8.40. The van der Waals surface area contributed by atoms with Gasteiger partial charge in [-0.25, -0.2) is 4.98 Å². The Balaban J connectivity index is 2.50. The maximum absolute atomic E-state index is 9.75. The zero-order chi connectivity index (χ0) is 13.3. The number of nitrogens with one attached hydrogen (secondary N) is 1. The predicted molar refractivity (Wildman–Crippen MR) is 73.3 cm³/mol. The Morgan fingerprint density at radius 1 is 1.28 bits per heavy atom. The number of nitrogens with two attached hydrogens (primary N) is 1. The summed E-state index contributed by atoms with van der Waals surface area (Å²) in [6.07, 6.45) is -0.521. The first-order valence-corrected chi connectivity index (χ1v) is 5.88. The van der Waals surface area contributed by atoms with E-state index in [0.29, 0.717) is 5.82 Å². The Kier molecular flexibility index (Phi) is 3.09. The monoisotopic (exact) mass is 246 g/mol. The molecule has 96 valence electrons. The third-order valence-electron chi connectivity index (χ3n) is 3.11. The highest BCUT2D eigenvalue weighted by molar-refractivity contribution is 5.90. The molecule has 0 aliphatic rings. The third-order valence-corrected chi connectivity index (χ3v) is 3.11. The summed E-state index contributed by atoms with van der Waals surface area (Å²) < 4.78 is 0. The van der Waals surface area contributed by atoms with E-state index in [4.69, 9.17) is 5.73 Å². The van der Waals surface area contributed by atoms with Crippen LogP contribution in [0.15, 0.2) is 24.3 Å². The summed E-state index contributed by atoms with van der Waals surface area (Å²) >= 11 is 0. The number of fused-ring (bicyclic) bond motifs is 1. The first-order valence-electron chi connectivity index (χ1n) is 5.88. The van der Waals surface area contributed by atoms with E-state index in [9.17, 15) is 5.11 Å². The van der Waals surface area contributed by atoms with E-state index in [1.165, 1.54) is 0 Å². The molecule has 4 N–H and O–H groups in total. The van der Waals surface area contributed by atoms with Crippen LogP contribution < -0.4 is 11.1 Å². The molecule has 0 spiro atoms. The van der Waals surface area contributed by atoms with Crippen LogP contribution in [0.25, 0.3) is 10.9 Å². The second-order valence-corrected chi connectivity index (χ2v) is 4.97. The highest BCUT2D eigenvalue weighted by atomic mass is 16.3. The van der Waals surface area contributed by atoms with E-state index in [1.54, 1.807) is 6.92 Å². The molecule has 0 bridgehead atoms. The normalized spacial score (nSPS) is 13.6. The summed E-state index contributed by atoms with van der Waals surface area (Å²) in [5.41, 5.74) is 5.98. The van der Waals surface area contributed by atoms with Crippen molar-refractivity contribution >= 4 is 22.7 Å². The van der Waals surface area contributed by atoms with Crippen LogP contribution in [-0.4, -0.2) is 26.7 Å². The van der Waals surface area contributed by atoms with E-state index >= 15 is 0 Å². The van der Waals surface area contributed by atoms with Crippen molar-refractivity contribution in [1.82, 2.24) is 9.97 Å². The summed E-state index contributed by atoms with van der Waals surface area (Å²) in [5.74, 6) is 0.863. The van der Waals surface area contributed by atoms with Crippen molar-refractivity contribution in [3.05, 3.63) is 24.3 Å². The largest absolute Gasteiger partial charge is 0.391 e. The lowest BCUT2D eigenvalue weighted by Gasteiger charge is -2.30. The molecule has 0 aliphatic heterocycles. The number of nitrogens with zero attached hydrogens (tertiary/aromatic N) is 2. The lowest BCUT2D eigenvalue weighted by atomic mass is 9.98. The molecule has 2 aromatic rings. The minimum absolute atomic E-state index is 0.220. The first kappa shape index (κ1) is 12.6. The molecular weight excluding hydrogens is 228 g/mol. The quantitative estimate of drug-likeness (QED) is 0.768. The van der Waals surface area contributed by atoms with Gasteiger partial charge in [0.15, 0.2) is 0 Å². The third kappa shape index (κ3) is 2.36. The van der Waals surface area contributed by atoms with Gasteiger partial charge in [-0.1, -0.05) is 12.1 Å². The SMILES string of the molecule is CC(O)C(C)(C)Nc1nc(N)nc2ccccc12. The lowest BCUT2D eigenvalue weighted by molar-refractivity contribution is 0.133. The number of rotatable bonds is 3. The van der Waals surface area contributed by atoms with E-state index in [-0.39, 0.29) is 5.95 Å². The Hall–Kier alpha value is -1.88. The van der Waals surface area contributed by atoms with Gasteiger partial charge in [0.05, 0.1) is 17.2 Å². The lowest BCUT2D eigenvalue weighted by Crippen LogP contribution is -2.42. The van der Waals surface area contributed by atoms with Gasteiger partial charge >= 0.3 is 0 Å². The second-order valence-electron chi connectivity index (χ2n) is 4.97. The van der Waals surface area contributed by atoms with Gasteiger partial charge in [0.25, 0.3) is 0 Å². The Morgan fingerprint density at radius 2 is 1.94 bits per heavy atom. The van der Waals surface area contributed by atoms with Gasteiger partial charge in [0.1, 0.15) is 5.82 Å². The van der Waals surface area contributed by atoms with Gasteiger partial charge in [0, 0.05) is 5.39 Å². The molecule has 0 saturated heterocycles. The van der Waals surface area contributed by atoms with Gasteiger partial charge < -0.3 is 16.2 Å². The maximum Gasteiger partial charge on any atom is 0.222 e. The number of para-hydroxylation sites is 1. The number of hydrogen-bond donors (Lipinski definition) is 3. The predicted octanol–water partition coefficient (Wildman–Crippen LogP) is 1.78. The van der Waals surface area contributed by atoms with E-state index in [1.807, 2.05) is 38.1 Å². The summed E-state index contributed by atoms with van der Waals surface area (Å²) in [4.78, 5) is 8.39. The zero-order valence-corrected chi connectivity index (χ0v) is 10.8. The van der Waals surface area contributed by atoms with E-state index in [0.717, 1.165) is 10.9 Å². The van der Waals surface area contributed by atoms with Crippen LogP contribution in [0.4, 0.5) is 11.8 Å². The van der Waals surface area contributed by atoms with Gasteiger partial charge in [-0.15, -0.1) is 0 Å². The highest BCUT2D eigenvalue weighted by Crippen LogP contribution is 2.25. The topological polar surface area (TPSA) is 84.1 Å². The average Bonchev–Trinajstić information content (AvgIpc) is 2.28. The molecule has 0 saturated carbocycles. The van der Waals surface area contributed by atoms with Crippen molar-refractivity contribution in [3.8, 4) is 0 Å². The van der Waals surface area contributed by atoms with Crippen LogP contribution in [-0.2, 0) is 0 Å². The molecule has 2 rings (SSSR count). The molecule has 1 aromatic carbocycles. The summed E-state index contributed by atoms with van der Waals surface area (Å²) in [7, 11) is 0. The fourth-order valence-corrected chi connectivity index (χ4v) is 1.60. The van der Waals surface area contributed by atoms with E-state index in [2.05, 4.69) is 15.3 Å². The van der Waals surface area contributed by atoms with Crippen molar-refractivity contribution in [1.29, 1.82) is 0 Å². The van der Waals surface area contributed by atoms with Crippen molar-refractivity contribution in [2.75, 3.05) is 11.1 Å². The fraction of sp³-hybridized carbons (Fsp3) is 0.385. The van der Waals surface area contributed by atoms with Crippen molar-refractivity contribution in [2.24, 2.45) is 0 Å². The van der Waals surface area contributed by atoms with Crippen LogP contribution in [0.2, 0.25) is 0 Å². The maximum atomic E-state index is 9.75. The second kappa shape index (κ2) is 4.42. The van der Waals surface area contributed by atoms with Crippen LogP contribution in [0.3, 0.4) is 0 Å². The van der Waals surface area contributed by atoms with Crippen molar-refractivity contribution < 1.29 is 5.11 Å². The molecule has 0 aliphatic carbocycles. The molecule has 18 heavy (non-hydrogen) atoms. The minimum Gasteiger partial charge on any atom is -0.391 e. The standard InChI is InChI=1S/C13H18N4O/c1-8(18)13(2,3)17-11-9-6-4-5-7-10(9)15-12(14)16-11/h4-8,18H,1-3H3,(H3,14,15,16,17). The number of aromatic nitrogens is 2. The molecule has 0 amide bonds. The molecule has 1 heterocycles. The fourth-order valence-electron chi connectivity index (χ4n) is 1.60. The Morgan fingerprint density at radius 3 is 2.61 bits per heavy atom. The van der Waals surface area contributed by atoms with Crippen LogP contribution >= 0.6 is 0 Å². The summed E-state index contributed by atoms with van der Waals surface area (Å²) in [5, 5.41) is 13.9. The number of benzene rings is 1. The number of aliphatic hydroxyl groups excluding tert-OH is 1. The van der Waals surface area contributed by atoms with Crippen LogP contribution in [0.1, 0.15) is 20.8 Å². The average molecular weight is 246 g/mol.